The quantitative estimate of drug-likeness (QED) is 0.201. The fourth-order valence-corrected chi connectivity index (χ4v) is 5.80. The van der Waals surface area contributed by atoms with Crippen molar-refractivity contribution in [3.05, 3.63) is 153 Å². The Kier molecular flexibility index (Phi) is 5.77. The van der Waals surface area contributed by atoms with Gasteiger partial charge < -0.3 is 4.74 Å². The molecule has 37 heavy (non-hydrogen) atoms. The average molecular weight is 549 g/mol. The van der Waals surface area contributed by atoms with Gasteiger partial charge in [0.1, 0.15) is 23.6 Å². The summed E-state index contributed by atoms with van der Waals surface area (Å²) >= 11 is 3.69. The van der Waals surface area contributed by atoms with E-state index in [2.05, 4.69) is 70.5 Å². The Balaban J connectivity index is 1.55. The van der Waals surface area contributed by atoms with Crippen LogP contribution in [0.2, 0.25) is 0 Å². The molecule has 4 heteroatoms. The Hall–Kier alpha value is -4.02. The molecule has 1 unspecified atom stereocenters. The topological polar surface area (TPSA) is 26.3 Å². The van der Waals surface area contributed by atoms with Crippen LogP contribution in [0.15, 0.2) is 114 Å². The van der Waals surface area contributed by atoms with Crippen molar-refractivity contribution < 1.29 is 13.9 Å². The number of rotatable bonds is 5. The van der Waals surface area contributed by atoms with E-state index in [4.69, 9.17) is 4.74 Å². The first-order chi connectivity index (χ1) is 18.0. The number of carbonyl (C=O) groups is 1. The van der Waals surface area contributed by atoms with Crippen molar-refractivity contribution in [1.29, 1.82) is 0 Å². The van der Waals surface area contributed by atoms with Crippen LogP contribution in [0.3, 0.4) is 0 Å². The number of ether oxygens (including phenoxy) is 1. The van der Waals surface area contributed by atoms with Crippen molar-refractivity contribution in [1.82, 2.24) is 0 Å². The first-order valence-corrected chi connectivity index (χ1v) is 12.8. The number of aryl methyl sites for hydroxylation is 1. The minimum absolute atomic E-state index is 0.219. The van der Waals surface area contributed by atoms with E-state index in [9.17, 15) is 9.18 Å². The summed E-state index contributed by atoms with van der Waals surface area (Å²) in [5.41, 5.74) is 7.29. The number of aldehydes is 1. The highest BCUT2D eigenvalue weighted by Crippen LogP contribution is 2.56. The molecule has 0 heterocycles. The van der Waals surface area contributed by atoms with Gasteiger partial charge in [0.25, 0.3) is 0 Å². The van der Waals surface area contributed by atoms with Crippen LogP contribution in [0.25, 0.3) is 11.1 Å². The van der Waals surface area contributed by atoms with Gasteiger partial charge in [-0.1, -0.05) is 70.5 Å². The predicted octanol–water partition coefficient (Wildman–Crippen LogP) is 8.86. The SMILES string of the molecule is Cc1cc(C2(c3ccc(Oc4ccc(C=O)cc4)cc3)c3ccccc3-c3ccc(Br)cc32)ccc1F. The summed E-state index contributed by atoms with van der Waals surface area (Å²) in [5.74, 6) is 1.13. The molecule has 0 fully saturated rings. The van der Waals surface area contributed by atoms with E-state index in [1.165, 1.54) is 5.56 Å². The van der Waals surface area contributed by atoms with Crippen LogP contribution in [0.5, 0.6) is 11.5 Å². The molecule has 5 aromatic carbocycles. The van der Waals surface area contributed by atoms with E-state index in [0.717, 1.165) is 38.6 Å². The summed E-state index contributed by atoms with van der Waals surface area (Å²) in [4.78, 5) is 11.0. The molecule has 0 N–H and O–H groups in total. The lowest BCUT2D eigenvalue weighted by atomic mass is 9.67. The maximum atomic E-state index is 14.4. The molecular formula is C33H22BrFO2. The van der Waals surface area contributed by atoms with Crippen LogP contribution in [0.4, 0.5) is 4.39 Å². The highest BCUT2D eigenvalue weighted by Gasteiger charge is 2.46. The Morgan fingerprint density at radius 2 is 1.38 bits per heavy atom. The number of fused-ring (bicyclic) bond motifs is 3. The summed E-state index contributed by atoms with van der Waals surface area (Å²) in [7, 11) is 0. The highest BCUT2D eigenvalue weighted by molar-refractivity contribution is 9.10. The van der Waals surface area contributed by atoms with Gasteiger partial charge in [-0.3, -0.25) is 4.79 Å². The van der Waals surface area contributed by atoms with Crippen molar-refractivity contribution in [3.63, 3.8) is 0 Å². The van der Waals surface area contributed by atoms with Gasteiger partial charge in [-0.15, -0.1) is 0 Å². The average Bonchev–Trinajstić information content (AvgIpc) is 3.21. The fraction of sp³-hybridized carbons (Fsp3) is 0.0606. The second kappa shape index (κ2) is 9.13. The van der Waals surface area contributed by atoms with Crippen LogP contribution in [-0.4, -0.2) is 6.29 Å². The zero-order valence-corrected chi connectivity index (χ0v) is 21.6. The van der Waals surface area contributed by atoms with Gasteiger partial charge >= 0.3 is 0 Å². The van der Waals surface area contributed by atoms with E-state index < -0.39 is 5.41 Å². The zero-order chi connectivity index (χ0) is 25.6. The van der Waals surface area contributed by atoms with Crippen molar-refractivity contribution in [3.8, 4) is 22.6 Å². The van der Waals surface area contributed by atoms with Gasteiger partial charge in [0.2, 0.25) is 0 Å². The van der Waals surface area contributed by atoms with E-state index in [-0.39, 0.29) is 5.82 Å². The largest absolute Gasteiger partial charge is 0.457 e. The molecule has 1 aliphatic carbocycles. The normalized spacial score (nSPS) is 15.6. The van der Waals surface area contributed by atoms with Gasteiger partial charge in [0.05, 0.1) is 5.41 Å². The summed E-state index contributed by atoms with van der Waals surface area (Å²) in [6, 6.07) is 35.3. The number of benzene rings is 5. The smallest absolute Gasteiger partial charge is 0.150 e. The van der Waals surface area contributed by atoms with Gasteiger partial charge in [-0.25, -0.2) is 4.39 Å². The Morgan fingerprint density at radius 3 is 2.08 bits per heavy atom. The molecule has 0 bridgehead atoms. The van der Waals surface area contributed by atoms with Gasteiger partial charge in [0.15, 0.2) is 0 Å². The molecule has 5 aromatic rings. The number of hydrogen-bond acceptors (Lipinski definition) is 2. The molecule has 6 rings (SSSR count). The van der Waals surface area contributed by atoms with Crippen LogP contribution in [-0.2, 0) is 5.41 Å². The molecule has 0 radical (unpaired) electrons. The van der Waals surface area contributed by atoms with Gasteiger partial charge in [-0.05, 0) is 100 Å². The molecule has 0 aromatic heterocycles. The number of halogens is 2. The molecule has 0 saturated heterocycles. The van der Waals surface area contributed by atoms with Crippen LogP contribution < -0.4 is 4.74 Å². The molecule has 0 spiro atoms. The Morgan fingerprint density at radius 1 is 0.730 bits per heavy atom. The van der Waals surface area contributed by atoms with Crippen molar-refractivity contribution in [2.24, 2.45) is 0 Å². The lowest BCUT2D eigenvalue weighted by molar-refractivity contribution is 0.112. The lowest BCUT2D eigenvalue weighted by Gasteiger charge is -2.34. The summed E-state index contributed by atoms with van der Waals surface area (Å²) in [6.07, 6.45) is 0.810. The van der Waals surface area contributed by atoms with Crippen molar-refractivity contribution in [2.75, 3.05) is 0 Å². The minimum atomic E-state index is -0.627. The number of hydrogen-bond donors (Lipinski definition) is 0. The third-order valence-corrected chi connectivity index (χ3v) is 7.63. The van der Waals surface area contributed by atoms with Gasteiger partial charge in [-0.2, -0.15) is 0 Å². The fourth-order valence-electron chi connectivity index (χ4n) is 5.44. The van der Waals surface area contributed by atoms with E-state index in [1.807, 2.05) is 31.2 Å². The third kappa shape index (κ3) is 3.80. The molecule has 1 atom stereocenters. The van der Waals surface area contributed by atoms with E-state index in [1.54, 1.807) is 30.3 Å². The zero-order valence-electron chi connectivity index (χ0n) is 20.0. The summed E-state index contributed by atoms with van der Waals surface area (Å²) in [5, 5.41) is 0. The predicted molar refractivity (Wildman–Crippen MR) is 148 cm³/mol. The molecule has 0 aliphatic heterocycles. The first-order valence-electron chi connectivity index (χ1n) is 12.0. The summed E-state index contributed by atoms with van der Waals surface area (Å²) < 4.78 is 21.5. The molecule has 2 nitrogen and oxygen atoms in total. The van der Waals surface area contributed by atoms with Crippen molar-refractivity contribution in [2.45, 2.75) is 12.3 Å². The molecular weight excluding hydrogens is 527 g/mol. The maximum Gasteiger partial charge on any atom is 0.150 e. The highest BCUT2D eigenvalue weighted by atomic mass is 79.9. The Bertz CT molecular complexity index is 1640. The molecule has 0 saturated carbocycles. The molecule has 0 amide bonds. The van der Waals surface area contributed by atoms with Crippen LogP contribution >= 0.6 is 15.9 Å². The van der Waals surface area contributed by atoms with Crippen molar-refractivity contribution >= 4 is 22.2 Å². The van der Waals surface area contributed by atoms with Gasteiger partial charge in [0, 0.05) is 10.0 Å². The van der Waals surface area contributed by atoms with Crippen LogP contribution in [0.1, 0.15) is 38.2 Å². The number of carbonyl (C=O) groups excluding carboxylic acids is 1. The van der Waals surface area contributed by atoms with Crippen LogP contribution in [0, 0.1) is 12.7 Å². The molecule has 1 aliphatic rings. The Labute approximate surface area is 223 Å². The minimum Gasteiger partial charge on any atom is -0.457 e. The standard InChI is InChI=1S/C33H22BrFO2/c1-21-18-24(10-17-32(21)35)33(30-5-3-2-4-28(30)29-16-11-25(34)19-31(29)33)23-8-14-27(15-9-23)37-26-12-6-22(20-36)7-13-26/h2-20H,1H3. The second-order valence-corrected chi connectivity index (χ2v) is 10.2. The van der Waals surface area contributed by atoms with E-state index >= 15 is 0 Å². The lowest BCUT2D eigenvalue weighted by Crippen LogP contribution is -2.28. The summed E-state index contributed by atoms with van der Waals surface area (Å²) in [6.45, 7) is 1.81. The maximum absolute atomic E-state index is 14.4. The first kappa shape index (κ1) is 23.4. The second-order valence-electron chi connectivity index (χ2n) is 9.26. The monoisotopic (exact) mass is 548 g/mol. The molecule has 180 valence electrons. The third-order valence-electron chi connectivity index (χ3n) is 7.14. The van der Waals surface area contributed by atoms with E-state index in [0.29, 0.717) is 22.6 Å².